The third-order valence-electron chi connectivity index (χ3n) is 3.82. The monoisotopic (exact) mass is 180 g/mol. The van der Waals surface area contributed by atoms with E-state index in [9.17, 15) is 9.59 Å². The largest absolute Gasteiger partial charge is 0.300 e. The quantitative estimate of drug-likeness (QED) is 0.571. The molecular weight excluding hydrogens is 164 g/mol. The first-order valence-electron chi connectivity index (χ1n) is 5.05. The van der Waals surface area contributed by atoms with Gasteiger partial charge < -0.3 is 0 Å². The van der Waals surface area contributed by atoms with E-state index in [0.717, 1.165) is 6.42 Å². The Hall–Kier alpha value is -0.660. The molecule has 0 aromatic rings. The fourth-order valence-corrected chi connectivity index (χ4v) is 2.71. The van der Waals surface area contributed by atoms with Crippen LogP contribution >= 0.6 is 0 Å². The summed E-state index contributed by atoms with van der Waals surface area (Å²) in [7, 11) is 0. The van der Waals surface area contributed by atoms with Gasteiger partial charge in [0.1, 0.15) is 11.6 Å². The van der Waals surface area contributed by atoms with Crippen molar-refractivity contribution in [2.75, 3.05) is 0 Å². The molecule has 2 aliphatic carbocycles. The third-order valence-corrected chi connectivity index (χ3v) is 3.82. The number of Topliss-reactive ketones (excluding diaryl/α,β-unsaturated/α-hetero) is 2. The molecule has 0 aliphatic heterocycles. The van der Waals surface area contributed by atoms with Gasteiger partial charge in [0, 0.05) is 24.7 Å². The van der Waals surface area contributed by atoms with Crippen LogP contribution < -0.4 is 0 Å². The first-order chi connectivity index (χ1) is 6.00. The topological polar surface area (TPSA) is 34.1 Å². The van der Waals surface area contributed by atoms with Gasteiger partial charge in [0.05, 0.1) is 0 Å². The lowest BCUT2D eigenvalue weighted by Crippen LogP contribution is -2.44. The molecule has 0 heterocycles. The third kappa shape index (κ3) is 1.32. The zero-order valence-corrected chi connectivity index (χ0v) is 8.30. The molecular formula is C11H16O2. The van der Waals surface area contributed by atoms with Gasteiger partial charge in [0.25, 0.3) is 0 Å². The zero-order valence-electron chi connectivity index (χ0n) is 8.30. The summed E-state index contributed by atoms with van der Waals surface area (Å²) in [5.41, 5.74) is -0.243. The van der Waals surface area contributed by atoms with E-state index < -0.39 is 0 Å². The van der Waals surface area contributed by atoms with Crippen LogP contribution in [0.25, 0.3) is 0 Å². The molecule has 2 atom stereocenters. The molecule has 0 aromatic carbocycles. The highest BCUT2D eigenvalue weighted by Gasteiger charge is 2.46. The molecule has 0 radical (unpaired) electrons. The second-order valence-corrected chi connectivity index (χ2v) is 5.09. The molecule has 0 N–H and O–H groups in total. The first-order valence-corrected chi connectivity index (χ1v) is 5.05. The Bertz CT molecular complexity index is 265. The van der Waals surface area contributed by atoms with E-state index in [1.54, 1.807) is 0 Å². The van der Waals surface area contributed by atoms with E-state index in [4.69, 9.17) is 0 Å². The number of fused-ring (bicyclic) bond motifs is 2. The van der Waals surface area contributed by atoms with Crippen molar-refractivity contribution < 1.29 is 9.59 Å². The molecule has 13 heavy (non-hydrogen) atoms. The van der Waals surface area contributed by atoms with Gasteiger partial charge in [-0.05, 0) is 18.3 Å². The molecule has 0 aromatic heterocycles. The maximum atomic E-state index is 11.7. The Balaban J connectivity index is 2.26. The number of hydrogen-bond donors (Lipinski definition) is 0. The Morgan fingerprint density at radius 2 is 1.85 bits per heavy atom. The molecule has 2 fully saturated rings. The molecule has 2 nitrogen and oxygen atoms in total. The average molecular weight is 180 g/mol. The molecule has 72 valence electrons. The fraction of sp³-hybridized carbons (Fsp3) is 0.818. The molecule has 0 spiro atoms. The average Bonchev–Trinajstić information content (AvgIpc) is 2.00. The summed E-state index contributed by atoms with van der Waals surface area (Å²) in [5.74, 6) is 1.41. The van der Waals surface area contributed by atoms with Crippen molar-refractivity contribution in [3.05, 3.63) is 0 Å². The Morgan fingerprint density at radius 1 is 1.15 bits per heavy atom. The Morgan fingerprint density at radius 3 is 2.54 bits per heavy atom. The highest BCUT2D eigenvalue weighted by molar-refractivity contribution is 5.89. The molecule has 2 bridgehead atoms. The molecule has 2 saturated carbocycles. The van der Waals surface area contributed by atoms with Crippen LogP contribution in [0.4, 0.5) is 0 Å². The van der Waals surface area contributed by atoms with Crippen molar-refractivity contribution in [2.45, 2.75) is 39.5 Å². The van der Waals surface area contributed by atoms with Crippen LogP contribution in [-0.4, -0.2) is 11.6 Å². The van der Waals surface area contributed by atoms with Crippen molar-refractivity contribution in [1.29, 1.82) is 0 Å². The van der Waals surface area contributed by atoms with E-state index in [2.05, 4.69) is 0 Å². The van der Waals surface area contributed by atoms with E-state index in [0.29, 0.717) is 42.7 Å². The summed E-state index contributed by atoms with van der Waals surface area (Å²) in [6, 6.07) is 0. The minimum atomic E-state index is -0.243. The number of carbonyl (C=O) groups is 2. The summed E-state index contributed by atoms with van der Waals surface area (Å²) >= 11 is 0. The minimum absolute atomic E-state index is 0.243. The van der Waals surface area contributed by atoms with Crippen molar-refractivity contribution in [2.24, 2.45) is 17.3 Å². The minimum Gasteiger partial charge on any atom is -0.300 e. The molecule has 0 unspecified atom stereocenters. The summed E-state index contributed by atoms with van der Waals surface area (Å²) in [5, 5.41) is 0. The summed E-state index contributed by atoms with van der Waals surface area (Å²) in [4.78, 5) is 23.1. The van der Waals surface area contributed by atoms with Crippen molar-refractivity contribution >= 4 is 11.6 Å². The van der Waals surface area contributed by atoms with Crippen LogP contribution in [0.3, 0.4) is 0 Å². The van der Waals surface area contributed by atoms with Crippen LogP contribution in [0.5, 0.6) is 0 Å². The van der Waals surface area contributed by atoms with E-state index in [1.807, 2.05) is 13.8 Å². The van der Waals surface area contributed by atoms with Gasteiger partial charge in [-0.1, -0.05) is 13.8 Å². The van der Waals surface area contributed by atoms with E-state index in [1.165, 1.54) is 0 Å². The number of rotatable bonds is 0. The van der Waals surface area contributed by atoms with E-state index >= 15 is 0 Å². The van der Waals surface area contributed by atoms with Gasteiger partial charge in [0.15, 0.2) is 0 Å². The highest BCUT2D eigenvalue weighted by atomic mass is 16.1. The van der Waals surface area contributed by atoms with Crippen LogP contribution in [-0.2, 0) is 9.59 Å². The Kier molecular flexibility index (Phi) is 1.83. The Labute approximate surface area is 78.7 Å². The lowest BCUT2D eigenvalue weighted by atomic mass is 9.59. The maximum Gasteiger partial charge on any atom is 0.139 e. The van der Waals surface area contributed by atoms with Crippen LogP contribution in [0.2, 0.25) is 0 Å². The maximum absolute atomic E-state index is 11.7. The number of hydrogen-bond acceptors (Lipinski definition) is 2. The lowest BCUT2D eigenvalue weighted by Gasteiger charge is -2.43. The predicted molar refractivity (Wildman–Crippen MR) is 49.2 cm³/mol. The second kappa shape index (κ2) is 2.66. The van der Waals surface area contributed by atoms with Gasteiger partial charge in [0.2, 0.25) is 0 Å². The molecule has 2 rings (SSSR count). The standard InChI is InChI=1S/C11H16O2/c1-11(2)8-3-7(5-10(11)13)4-9(12)6-8/h7-8H,3-6H2,1-2H3/t7-,8+/m0/s1. The molecule has 2 aliphatic rings. The van der Waals surface area contributed by atoms with Crippen LogP contribution in [0, 0.1) is 17.3 Å². The predicted octanol–water partition coefficient (Wildman–Crippen LogP) is 1.97. The SMILES string of the molecule is CC1(C)C(=O)C[C@@H]2CC(=O)C[C@H]1C2. The molecule has 0 amide bonds. The molecule has 0 saturated heterocycles. The van der Waals surface area contributed by atoms with Gasteiger partial charge in [-0.2, -0.15) is 0 Å². The van der Waals surface area contributed by atoms with Crippen molar-refractivity contribution in [3.63, 3.8) is 0 Å². The zero-order chi connectivity index (χ0) is 9.64. The first kappa shape index (κ1) is 8.92. The van der Waals surface area contributed by atoms with Crippen LogP contribution in [0.1, 0.15) is 39.5 Å². The second-order valence-electron chi connectivity index (χ2n) is 5.09. The fourth-order valence-electron chi connectivity index (χ4n) is 2.71. The summed E-state index contributed by atoms with van der Waals surface area (Å²) < 4.78 is 0. The van der Waals surface area contributed by atoms with E-state index in [-0.39, 0.29) is 5.41 Å². The number of ketones is 2. The summed E-state index contributed by atoms with van der Waals surface area (Å²) in [6.45, 7) is 3.99. The van der Waals surface area contributed by atoms with Gasteiger partial charge in [-0.25, -0.2) is 0 Å². The summed E-state index contributed by atoms with van der Waals surface area (Å²) in [6.07, 6.45) is 3.01. The van der Waals surface area contributed by atoms with Crippen LogP contribution in [0.15, 0.2) is 0 Å². The van der Waals surface area contributed by atoms with Gasteiger partial charge >= 0.3 is 0 Å². The smallest absolute Gasteiger partial charge is 0.139 e. The lowest BCUT2D eigenvalue weighted by molar-refractivity contribution is -0.141. The van der Waals surface area contributed by atoms with Gasteiger partial charge in [-0.15, -0.1) is 0 Å². The highest BCUT2D eigenvalue weighted by Crippen LogP contribution is 2.46. The normalized spacial score (nSPS) is 37.7. The molecule has 2 heteroatoms. The van der Waals surface area contributed by atoms with Crippen molar-refractivity contribution in [1.82, 2.24) is 0 Å². The van der Waals surface area contributed by atoms with Gasteiger partial charge in [-0.3, -0.25) is 9.59 Å². The number of carbonyl (C=O) groups excluding carboxylic acids is 2. The van der Waals surface area contributed by atoms with Crippen molar-refractivity contribution in [3.8, 4) is 0 Å².